The van der Waals surface area contributed by atoms with Gasteiger partial charge in [-0.25, -0.2) is 0 Å². The van der Waals surface area contributed by atoms with Gasteiger partial charge in [-0.15, -0.1) is 11.8 Å². The van der Waals surface area contributed by atoms with E-state index in [9.17, 15) is 0 Å². The second kappa shape index (κ2) is 5.95. The molecule has 1 aromatic rings. The van der Waals surface area contributed by atoms with Gasteiger partial charge in [0.1, 0.15) is 0 Å². The summed E-state index contributed by atoms with van der Waals surface area (Å²) in [7, 11) is 0. The Hall–Kier alpha value is -0.180. The first-order chi connectivity index (χ1) is 7.81. The van der Waals surface area contributed by atoms with Crippen LogP contribution in [-0.4, -0.2) is 19.3 Å². The normalized spacial score (nSPS) is 21.0. The van der Waals surface area contributed by atoms with Crippen LogP contribution in [0.1, 0.15) is 18.4 Å². The van der Waals surface area contributed by atoms with Gasteiger partial charge in [0.05, 0.1) is 0 Å². The Morgan fingerprint density at radius 3 is 3.06 bits per heavy atom. The molecule has 0 amide bonds. The Labute approximate surface area is 107 Å². The van der Waals surface area contributed by atoms with Crippen LogP contribution in [0.2, 0.25) is 5.02 Å². The van der Waals surface area contributed by atoms with E-state index < -0.39 is 0 Å². The van der Waals surface area contributed by atoms with E-state index in [4.69, 9.17) is 11.6 Å². The molecule has 1 unspecified atom stereocenters. The number of thioether (sulfide) groups is 1. The highest BCUT2D eigenvalue weighted by molar-refractivity contribution is 7.98. The molecule has 1 saturated heterocycles. The summed E-state index contributed by atoms with van der Waals surface area (Å²) in [6.45, 7) is 2.31. The van der Waals surface area contributed by atoms with Gasteiger partial charge >= 0.3 is 0 Å². The molecule has 1 aliphatic heterocycles. The Morgan fingerprint density at radius 2 is 2.38 bits per heavy atom. The van der Waals surface area contributed by atoms with Crippen molar-refractivity contribution >= 4 is 23.4 Å². The summed E-state index contributed by atoms with van der Waals surface area (Å²) in [6.07, 6.45) is 5.85. The van der Waals surface area contributed by atoms with Gasteiger partial charge in [0.15, 0.2) is 0 Å². The topological polar surface area (TPSA) is 12.0 Å². The van der Waals surface area contributed by atoms with Crippen LogP contribution in [0, 0.1) is 5.92 Å². The summed E-state index contributed by atoms with van der Waals surface area (Å²) in [5.41, 5.74) is 1.34. The fraction of sp³-hybridized carbons (Fsp3) is 0.538. The van der Waals surface area contributed by atoms with Crippen molar-refractivity contribution in [1.82, 2.24) is 5.32 Å². The summed E-state index contributed by atoms with van der Waals surface area (Å²) < 4.78 is 0. The standard InChI is InChI=1S/C13H18ClNS/c1-16-13-6-2-5-12(14)11(13)8-10-4-3-7-15-9-10/h2,5-6,10,15H,3-4,7-9H2,1H3. The molecule has 1 nitrogen and oxygen atoms in total. The molecule has 0 aliphatic carbocycles. The first-order valence-electron chi connectivity index (χ1n) is 5.83. The monoisotopic (exact) mass is 255 g/mol. The van der Waals surface area contributed by atoms with Gasteiger partial charge in [0.2, 0.25) is 0 Å². The van der Waals surface area contributed by atoms with E-state index in [2.05, 4.69) is 17.6 Å². The van der Waals surface area contributed by atoms with E-state index in [1.165, 1.54) is 29.8 Å². The van der Waals surface area contributed by atoms with Gasteiger partial charge < -0.3 is 5.32 Å². The highest BCUT2D eigenvalue weighted by Crippen LogP contribution is 2.30. The predicted octanol–water partition coefficient (Wildman–Crippen LogP) is 3.60. The molecule has 1 N–H and O–H groups in total. The third kappa shape index (κ3) is 2.93. The van der Waals surface area contributed by atoms with E-state index in [1.54, 1.807) is 11.8 Å². The van der Waals surface area contributed by atoms with Gasteiger partial charge in [-0.3, -0.25) is 0 Å². The van der Waals surface area contributed by atoms with Crippen LogP contribution >= 0.6 is 23.4 Å². The lowest BCUT2D eigenvalue weighted by molar-refractivity contribution is 0.374. The quantitative estimate of drug-likeness (QED) is 0.829. The zero-order valence-corrected chi connectivity index (χ0v) is 11.2. The van der Waals surface area contributed by atoms with Gasteiger partial charge in [-0.2, -0.15) is 0 Å². The number of piperidine rings is 1. The second-order valence-electron chi connectivity index (χ2n) is 4.34. The van der Waals surface area contributed by atoms with E-state index in [1.807, 2.05) is 12.1 Å². The van der Waals surface area contributed by atoms with Crippen LogP contribution in [0.25, 0.3) is 0 Å². The number of hydrogen-bond acceptors (Lipinski definition) is 2. The molecule has 0 spiro atoms. The molecule has 0 aromatic heterocycles. The molecule has 0 radical (unpaired) electrons. The van der Waals surface area contributed by atoms with Crippen LogP contribution in [0.15, 0.2) is 23.1 Å². The lowest BCUT2D eigenvalue weighted by atomic mass is 9.92. The Balaban J connectivity index is 2.12. The number of halogens is 1. The second-order valence-corrected chi connectivity index (χ2v) is 5.59. The molecule has 0 bridgehead atoms. The molecule has 2 rings (SSSR count). The zero-order chi connectivity index (χ0) is 11.4. The number of hydrogen-bond donors (Lipinski definition) is 1. The van der Waals surface area contributed by atoms with Crippen molar-refractivity contribution < 1.29 is 0 Å². The summed E-state index contributed by atoms with van der Waals surface area (Å²) in [6, 6.07) is 6.21. The fourth-order valence-electron chi connectivity index (χ4n) is 2.32. The highest BCUT2D eigenvalue weighted by atomic mass is 35.5. The average Bonchev–Trinajstić information content (AvgIpc) is 2.33. The van der Waals surface area contributed by atoms with E-state index in [-0.39, 0.29) is 0 Å². The summed E-state index contributed by atoms with van der Waals surface area (Å²) in [4.78, 5) is 1.33. The lowest BCUT2D eigenvalue weighted by Gasteiger charge is -2.24. The largest absolute Gasteiger partial charge is 0.316 e. The number of rotatable bonds is 3. The molecular weight excluding hydrogens is 238 g/mol. The van der Waals surface area contributed by atoms with Gasteiger partial charge in [-0.1, -0.05) is 17.7 Å². The predicted molar refractivity (Wildman–Crippen MR) is 72.5 cm³/mol. The van der Waals surface area contributed by atoms with E-state index >= 15 is 0 Å². The molecule has 1 aromatic carbocycles. The number of benzene rings is 1. The Bertz CT molecular complexity index is 348. The number of nitrogens with one attached hydrogen (secondary N) is 1. The molecule has 1 aliphatic rings. The Morgan fingerprint density at radius 1 is 1.50 bits per heavy atom. The maximum absolute atomic E-state index is 6.29. The zero-order valence-electron chi connectivity index (χ0n) is 9.63. The molecule has 1 heterocycles. The van der Waals surface area contributed by atoms with Gasteiger partial charge in [0, 0.05) is 9.92 Å². The first-order valence-corrected chi connectivity index (χ1v) is 7.43. The molecule has 1 fully saturated rings. The van der Waals surface area contributed by atoms with Crippen molar-refractivity contribution in [3.8, 4) is 0 Å². The molecule has 0 saturated carbocycles. The SMILES string of the molecule is CSc1cccc(Cl)c1CC1CCCNC1. The smallest absolute Gasteiger partial charge is 0.0449 e. The minimum absolute atomic E-state index is 0.750. The van der Waals surface area contributed by atoms with Crippen LogP contribution in [0.4, 0.5) is 0 Å². The van der Waals surface area contributed by atoms with Crippen molar-refractivity contribution in [2.24, 2.45) is 5.92 Å². The van der Waals surface area contributed by atoms with Crippen LogP contribution in [0.5, 0.6) is 0 Å². The van der Waals surface area contributed by atoms with Crippen LogP contribution in [-0.2, 0) is 6.42 Å². The third-order valence-corrected chi connectivity index (χ3v) is 4.36. The Kier molecular flexibility index (Phi) is 4.56. The fourth-order valence-corrected chi connectivity index (χ4v) is 3.28. The summed E-state index contributed by atoms with van der Waals surface area (Å²) in [5, 5.41) is 4.39. The van der Waals surface area contributed by atoms with Crippen LogP contribution in [0.3, 0.4) is 0 Å². The van der Waals surface area contributed by atoms with Crippen molar-refractivity contribution in [2.45, 2.75) is 24.2 Å². The molecule has 1 atom stereocenters. The highest BCUT2D eigenvalue weighted by Gasteiger charge is 2.16. The third-order valence-electron chi connectivity index (χ3n) is 3.19. The van der Waals surface area contributed by atoms with Crippen molar-refractivity contribution in [1.29, 1.82) is 0 Å². The van der Waals surface area contributed by atoms with Crippen molar-refractivity contribution in [2.75, 3.05) is 19.3 Å². The van der Waals surface area contributed by atoms with Gasteiger partial charge in [-0.05, 0) is 62.2 Å². The maximum atomic E-state index is 6.29. The average molecular weight is 256 g/mol. The van der Waals surface area contributed by atoms with E-state index in [0.29, 0.717) is 0 Å². The lowest BCUT2D eigenvalue weighted by Crippen LogP contribution is -2.31. The van der Waals surface area contributed by atoms with Crippen molar-refractivity contribution in [3.05, 3.63) is 28.8 Å². The van der Waals surface area contributed by atoms with Crippen molar-refractivity contribution in [3.63, 3.8) is 0 Å². The molecular formula is C13H18ClNS. The summed E-state index contributed by atoms with van der Waals surface area (Å²) >= 11 is 8.09. The van der Waals surface area contributed by atoms with Crippen LogP contribution < -0.4 is 5.32 Å². The minimum atomic E-state index is 0.750. The summed E-state index contributed by atoms with van der Waals surface area (Å²) in [5.74, 6) is 0.750. The minimum Gasteiger partial charge on any atom is -0.316 e. The maximum Gasteiger partial charge on any atom is 0.0449 e. The molecule has 16 heavy (non-hydrogen) atoms. The molecule has 3 heteroatoms. The van der Waals surface area contributed by atoms with Gasteiger partial charge in [0.25, 0.3) is 0 Å². The van der Waals surface area contributed by atoms with E-state index in [0.717, 1.165) is 23.9 Å². The molecule has 88 valence electrons. The first kappa shape index (κ1) is 12.3.